The van der Waals surface area contributed by atoms with E-state index < -0.39 is 0 Å². The molecule has 1 saturated heterocycles. The minimum absolute atomic E-state index is 1.28. The summed E-state index contributed by atoms with van der Waals surface area (Å²) in [6, 6.07) is 0. The largest absolute Gasteiger partial charge is 0.254 e. The van der Waals surface area contributed by atoms with Crippen molar-refractivity contribution in [1.82, 2.24) is 4.31 Å². The second-order valence-electron chi connectivity index (χ2n) is 2.25. The smallest absolute Gasteiger partial charge is 0.00862 e. The molecular weight excluding hydrogens is 118 g/mol. The van der Waals surface area contributed by atoms with Crippen LogP contribution in [0.5, 0.6) is 0 Å². The predicted molar refractivity (Wildman–Crippen MR) is 38.9 cm³/mol. The average molecular weight is 131 g/mol. The van der Waals surface area contributed by atoms with Gasteiger partial charge in [0.2, 0.25) is 0 Å². The summed E-state index contributed by atoms with van der Waals surface area (Å²) in [4.78, 5) is 0. The van der Waals surface area contributed by atoms with Crippen LogP contribution >= 0.6 is 11.9 Å². The molecule has 0 N–H and O–H groups in total. The van der Waals surface area contributed by atoms with Crippen LogP contribution in [0.3, 0.4) is 0 Å². The molecule has 0 aromatic rings. The van der Waals surface area contributed by atoms with Gasteiger partial charge in [-0.3, -0.25) is 4.31 Å². The molecule has 2 heteroatoms. The van der Waals surface area contributed by atoms with Gasteiger partial charge >= 0.3 is 0 Å². The van der Waals surface area contributed by atoms with E-state index in [-0.39, 0.29) is 0 Å². The van der Waals surface area contributed by atoms with E-state index in [1.54, 1.807) is 0 Å². The van der Waals surface area contributed by atoms with Crippen molar-refractivity contribution in [3.8, 4) is 0 Å². The third-order valence-electron chi connectivity index (χ3n) is 1.43. The van der Waals surface area contributed by atoms with Crippen LogP contribution in [0.2, 0.25) is 0 Å². The van der Waals surface area contributed by atoms with Crippen LogP contribution in [0.25, 0.3) is 0 Å². The maximum atomic E-state index is 2.34. The maximum absolute atomic E-state index is 2.34. The lowest BCUT2D eigenvalue weighted by atomic mass is 10.2. The van der Waals surface area contributed by atoms with E-state index in [0.29, 0.717) is 0 Å². The summed E-state index contributed by atoms with van der Waals surface area (Å²) in [6.07, 6.45) is 4.23. The third kappa shape index (κ3) is 2.05. The minimum Gasteiger partial charge on any atom is -0.254 e. The van der Waals surface area contributed by atoms with Gasteiger partial charge < -0.3 is 0 Å². The first-order valence-electron chi connectivity index (χ1n) is 3.23. The molecule has 1 rings (SSSR count). The van der Waals surface area contributed by atoms with E-state index in [0.717, 1.165) is 0 Å². The zero-order valence-corrected chi connectivity index (χ0v) is 6.21. The first-order chi connectivity index (χ1) is 3.89. The summed E-state index contributed by atoms with van der Waals surface area (Å²) < 4.78 is 2.34. The van der Waals surface area contributed by atoms with Crippen molar-refractivity contribution in [2.45, 2.75) is 19.3 Å². The SMILES string of the molecule is CN1CCCCCS1. The van der Waals surface area contributed by atoms with Crippen LogP contribution in [0, 0.1) is 0 Å². The molecule has 1 aliphatic rings. The first-order valence-corrected chi connectivity index (χ1v) is 4.18. The molecule has 8 heavy (non-hydrogen) atoms. The zero-order chi connectivity index (χ0) is 5.82. The van der Waals surface area contributed by atoms with Crippen molar-refractivity contribution in [2.24, 2.45) is 0 Å². The molecule has 1 fully saturated rings. The second kappa shape index (κ2) is 3.36. The highest BCUT2D eigenvalue weighted by Crippen LogP contribution is 2.15. The number of rotatable bonds is 0. The van der Waals surface area contributed by atoms with Gasteiger partial charge in [-0.05, 0) is 19.9 Å². The van der Waals surface area contributed by atoms with Crippen LogP contribution in [0.1, 0.15) is 19.3 Å². The van der Waals surface area contributed by atoms with E-state index in [1.807, 2.05) is 11.9 Å². The summed E-state index contributed by atoms with van der Waals surface area (Å²) in [5.74, 6) is 1.33. The van der Waals surface area contributed by atoms with Crippen molar-refractivity contribution < 1.29 is 0 Å². The van der Waals surface area contributed by atoms with Gasteiger partial charge in [0.05, 0.1) is 0 Å². The Labute approximate surface area is 55.6 Å². The van der Waals surface area contributed by atoms with Gasteiger partial charge in [-0.15, -0.1) is 0 Å². The summed E-state index contributed by atoms with van der Waals surface area (Å²) in [6.45, 7) is 1.28. The molecule has 1 aliphatic heterocycles. The van der Waals surface area contributed by atoms with Gasteiger partial charge in [0.15, 0.2) is 0 Å². The fourth-order valence-corrected chi connectivity index (χ4v) is 1.80. The lowest BCUT2D eigenvalue weighted by molar-refractivity contribution is 0.542. The molecule has 0 saturated carbocycles. The Morgan fingerprint density at radius 2 is 2.12 bits per heavy atom. The molecule has 0 unspecified atom stereocenters. The zero-order valence-electron chi connectivity index (χ0n) is 5.39. The molecule has 0 atom stereocenters. The van der Waals surface area contributed by atoms with Gasteiger partial charge in [0.1, 0.15) is 0 Å². The Morgan fingerprint density at radius 3 is 3.00 bits per heavy atom. The molecule has 1 nitrogen and oxygen atoms in total. The Balaban J connectivity index is 2.17. The van der Waals surface area contributed by atoms with Crippen LogP contribution in [-0.4, -0.2) is 23.7 Å². The Hall–Kier alpha value is 0.310. The highest BCUT2D eigenvalue weighted by atomic mass is 32.2. The van der Waals surface area contributed by atoms with Crippen LogP contribution in [-0.2, 0) is 0 Å². The summed E-state index contributed by atoms with van der Waals surface area (Å²) in [5.41, 5.74) is 0. The molecule has 0 amide bonds. The fraction of sp³-hybridized carbons (Fsp3) is 1.00. The monoisotopic (exact) mass is 131 g/mol. The average Bonchev–Trinajstić information content (AvgIpc) is 1.94. The molecule has 48 valence electrons. The highest BCUT2D eigenvalue weighted by Gasteiger charge is 2.02. The molecule has 0 aromatic carbocycles. The van der Waals surface area contributed by atoms with Gasteiger partial charge in [-0.25, -0.2) is 0 Å². The molecule has 0 aromatic heterocycles. The van der Waals surface area contributed by atoms with Gasteiger partial charge in [-0.1, -0.05) is 18.4 Å². The van der Waals surface area contributed by atoms with Gasteiger partial charge in [0, 0.05) is 12.3 Å². The van der Waals surface area contributed by atoms with Crippen molar-refractivity contribution in [1.29, 1.82) is 0 Å². The topological polar surface area (TPSA) is 3.24 Å². The van der Waals surface area contributed by atoms with Gasteiger partial charge in [0.25, 0.3) is 0 Å². The molecule has 0 aliphatic carbocycles. The van der Waals surface area contributed by atoms with Crippen molar-refractivity contribution in [3.63, 3.8) is 0 Å². The normalized spacial score (nSPS) is 25.1. The Morgan fingerprint density at radius 1 is 1.25 bits per heavy atom. The van der Waals surface area contributed by atoms with E-state index in [9.17, 15) is 0 Å². The van der Waals surface area contributed by atoms with E-state index in [4.69, 9.17) is 0 Å². The van der Waals surface area contributed by atoms with Crippen molar-refractivity contribution in [2.75, 3.05) is 19.3 Å². The van der Waals surface area contributed by atoms with E-state index in [2.05, 4.69) is 11.4 Å². The summed E-state index contributed by atoms with van der Waals surface area (Å²) >= 11 is 1.97. The van der Waals surface area contributed by atoms with Crippen LogP contribution in [0.4, 0.5) is 0 Å². The Kier molecular flexibility index (Phi) is 2.70. The summed E-state index contributed by atoms with van der Waals surface area (Å²) in [5, 5.41) is 0. The van der Waals surface area contributed by atoms with Crippen LogP contribution < -0.4 is 0 Å². The van der Waals surface area contributed by atoms with Gasteiger partial charge in [-0.2, -0.15) is 0 Å². The molecule has 0 bridgehead atoms. The van der Waals surface area contributed by atoms with E-state index >= 15 is 0 Å². The standard InChI is InChI=1S/C6H13NS/c1-7-5-3-2-4-6-8-7/h2-6H2,1H3. The lowest BCUT2D eigenvalue weighted by Gasteiger charge is -2.09. The lowest BCUT2D eigenvalue weighted by Crippen LogP contribution is -2.08. The molecule has 1 heterocycles. The first kappa shape index (κ1) is 6.43. The Bertz CT molecular complexity index is 57.5. The third-order valence-corrected chi connectivity index (χ3v) is 2.52. The highest BCUT2D eigenvalue weighted by molar-refractivity contribution is 7.96. The molecule has 0 spiro atoms. The number of hydrogen-bond acceptors (Lipinski definition) is 2. The predicted octanol–water partition coefficient (Wildman–Crippen LogP) is 1.75. The molecular formula is C6H13NS. The maximum Gasteiger partial charge on any atom is 0.00862 e. The van der Waals surface area contributed by atoms with Crippen molar-refractivity contribution >= 4 is 11.9 Å². The summed E-state index contributed by atoms with van der Waals surface area (Å²) in [7, 11) is 2.18. The van der Waals surface area contributed by atoms with Crippen LogP contribution in [0.15, 0.2) is 0 Å². The quantitative estimate of drug-likeness (QED) is 0.461. The number of nitrogens with zero attached hydrogens (tertiary/aromatic N) is 1. The van der Waals surface area contributed by atoms with E-state index in [1.165, 1.54) is 31.6 Å². The fourth-order valence-electron chi connectivity index (χ4n) is 0.898. The second-order valence-corrected chi connectivity index (χ2v) is 3.54. The minimum atomic E-state index is 1.28. The van der Waals surface area contributed by atoms with Crippen molar-refractivity contribution in [3.05, 3.63) is 0 Å². The number of hydrogen-bond donors (Lipinski definition) is 0. The molecule has 0 radical (unpaired) electrons.